The lowest BCUT2D eigenvalue weighted by atomic mass is 10.0. The predicted molar refractivity (Wildman–Crippen MR) is 114 cm³/mol. The van der Waals surface area contributed by atoms with Crippen LogP contribution in [0.4, 0.5) is 0 Å². The van der Waals surface area contributed by atoms with E-state index < -0.39 is 34.5 Å². The maximum absolute atomic E-state index is 6.71. The van der Waals surface area contributed by atoms with Gasteiger partial charge in [-0.15, -0.1) is 0 Å². The summed E-state index contributed by atoms with van der Waals surface area (Å²) in [4.78, 5) is 0. The van der Waals surface area contributed by atoms with Crippen molar-refractivity contribution >= 4 is 34.5 Å². The fourth-order valence-corrected chi connectivity index (χ4v) is 20.6. The first-order valence-corrected chi connectivity index (χ1v) is 20.5. The largest absolute Gasteiger partial charge is 0.439 e. The minimum Gasteiger partial charge on any atom is -0.439 e. The van der Waals surface area contributed by atoms with E-state index in [2.05, 4.69) is 89.6 Å². The summed E-state index contributed by atoms with van der Waals surface area (Å²) in [6.07, 6.45) is 0. The molecule has 24 heavy (non-hydrogen) atoms. The first-order valence-electron chi connectivity index (χ1n) is 8.95. The topological polar surface area (TPSA) is 27.7 Å². The fourth-order valence-electron chi connectivity index (χ4n) is 3.35. The highest BCUT2D eigenvalue weighted by molar-refractivity contribution is 6.87. The van der Waals surface area contributed by atoms with E-state index in [0.717, 1.165) is 6.04 Å². The van der Waals surface area contributed by atoms with Gasteiger partial charge in [0.05, 0.1) is 0 Å². The molecule has 0 amide bonds. The molecule has 1 rings (SSSR count). The van der Waals surface area contributed by atoms with Gasteiger partial charge < -0.3 is 12.3 Å². The number of hydrogen-bond donors (Lipinski definition) is 0. The molecule has 138 valence electrons. The standard InChI is InChI=1S/C17H36O3Si4/c1-16(17-13-11-10-12-14-17)15-24(9,18-21(2)3)20-23(7,8)19-22(4,5)6/h10-14,16,21H,15H2,1-9H3. The Hall–Kier alpha value is -0.0325. The molecule has 7 heteroatoms. The highest BCUT2D eigenvalue weighted by Crippen LogP contribution is 2.31. The van der Waals surface area contributed by atoms with Crippen molar-refractivity contribution in [3.8, 4) is 0 Å². The van der Waals surface area contributed by atoms with Crippen molar-refractivity contribution in [2.24, 2.45) is 0 Å². The van der Waals surface area contributed by atoms with E-state index in [4.69, 9.17) is 12.3 Å². The van der Waals surface area contributed by atoms with Gasteiger partial charge in [-0.1, -0.05) is 37.3 Å². The van der Waals surface area contributed by atoms with Crippen molar-refractivity contribution in [2.75, 3.05) is 0 Å². The quantitative estimate of drug-likeness (QED) is 0.517. The van der Waals surface area contributed by atoms with E-state index in [9.17, 15) is 0 Å². The molecule has 0 saturated carbocycles. The van der Waals surface area contributed by atoms with E-state index in [1.165, 1.54) is 5.56 Å². The summed E-state index contributed by atoms with van der Waals surface area (Å²) in [7, 11) is -7.26. The minimum atomic E-state index is -2.27. The molecule has 0 radical (unpaired) electrons. The van der Waals surface area contributed by atoms with Gasteiger partial charge in [0.1, 0.15) is 0 Å². The average molecular weight is 401 g/mol. The summed E-state index contributed by atoms with van der Waals surface area (Å²) in [5.74, 6) is 0.437. The Morgan fingerprint density at radius 3 is 1.92 bits per heavy atom. The molecule has 0 bridgehead atoms. The molecule has 2 atom stereocenters. The van der Waals surface area contributed by atoms with Gasteiger partial charge in [-0.3, -0.25) is 0 Å². The van der Waals surface area contributed by atoms with Crippen LogP contribution in [0.2, 0.25) is 58.4 Å². The number of rotatable bonds is 9. The SMILES string of the molecule is CC(C[Si](C)(O[SiH](C)C)O[Si](C)(C)O[Si](C)(C)C)c1ccccc1. The number of benzene rings is 1. The van der Waals surface area contributed by atoms with Crippen LogP contribution in [0.3, 0.4) is 0 Å². The molecule has 0 saturated heterocycles. The second-order valence-corrected chi connectivity index (χ2v) is 22.9. The van der Waals surface area contributed by atoms with E-state index in [1.54, 1.807) is 0 Å². The zero-order chi connectivity index (χ0) is 18.6. The number of hydrogen-bond acceptors (Lipinski definition) is 3. The normalized spacial score (nSPS) is 16.9. The third kappa shape index (κ3) is 8.37. The van der Waals surface area contributed by atoms with E-state index in [-0.39, 0.29) is 0 Å². The van der Waals surface area contributed by atoms with Gasteiger partial charge in [-0.25, -0.2) is 0 Å². The maximum atomic E-state index is 6.71. The van der Waals surface area contributed by atoms with E-state index in [0.29, 0.717) is 5.92 Å². The Morgan fingerprint density at radius 1 is 0.917 bits per heavy atom. The lowest BCUT2D eigenvalue weighted by Crippen LogP contribution is -2.55. The summed E-state index contributed by atoms with van der Waals surface area (Å²) in [6, 6.07) is 11.7. The van der Waals surface area contributed by atoms with Gasteiger partial charge >= 0.3 is 17.1 Å². The molecule has 0 fully saturated rings. The molecule has 0 aromatic heterocycles. The van der Waals surface area contributed by atoms with Gasteiger partial charge in [0, 0.05) is 0 Å². The van der Waals surface area contributed by atoms with E-state index in [1.807, 2.05) is 0 Å². The van der Waals surface area contributed by atoms with Crippen molar-refractivity contribution in [1.29, 1.82) is 0 Å². The van der Waals surface area contributed by atoms with Crippen LogP contribution in [0.25, 0.3) is 0 Å². The third-order valence-corrected chi connectivity index (χ3v) is 16.9. The lowest BCUT2D eigenvalue weighted by molar-refractivity contribution is 0.325. The second kappa shape index (κ2) is 8.57. The monoisotopic (exact) mass is 400 g/mol. The van der Waals surface area contributed by atoms with Crippen LogP contribution >= 0.6 is 0 Å². The average Bonchev–Trinajstić information content (AvgIpc) is 2.34. The van der Waals surface area contributed by atoms with Crippen molar-refractivity contribution in [2.45, 2.75) is 71.3 Å². The second-order valence-electron chi connectivity index (χ2n) is 8.53. The van der Waals surface area contributed by atoms with Crippen LogP contribution in [0.1, 0.15) is 18.4 Å². The Labute approximate surface area is 154 Å². The van der Waals surface area contributed by atoms with Crippen LogP contribution in [-0.2, 0) is 12.3 Å². The zero-order valence-corrected chi connectivity index (χ0v) is 21.1. The predicted octanol–water partition coefficient (Wildman–Crippen LogP) is 5.43. The zero-order valence-electron chi connectivity index (χ0n) is 17.0. The van der Waals surface area contributed by atoms with Gasteiger partial charge in [0.25, 0.3) is 0 Å². The Balaban J connectivity index is 2.93. The Bertz CT molecular complexity index is 502. The first kappa shape index (κ1) is 22.0. The van der Waals surface area contributed by atoms with Gasteiger partial charge in [0.15, 0.2) is 17.4 Å². The highest BCUT2D eigenvalue weighted by Gasteiger charge is 2.43. The van der Waals surface area contributed by atoms with Crippen LogP contribution < -0.4 is 0 Å². The van der Waals surface area contributed by atoms with Crippen molar-refractivity contribution in [3.63, 3.8) is 0 Å². The molecule has 1 aromatic rings. The molecule has 1 aromatic carbocycles. The highest BCUT2D eigenvalue weighted by atomic mass is 28.5. The molecule has 0 aliphatic heterocycles. The summed E-state index contributed by atoms with van der Waals surface area (Å²) < 4.78 is 19.6. The molecule has 2 unspecified atom stereocenters. The molecule has 0 aliphatic rings. The van der Waals surface area contributed by atoms with Crippen LogP contribution in [-0.4, -0.2) is 34.5 Å². The summed E-state index contributed by atoms with van der Waals surface area (Å²) in [5.41, 5.74) is 1.36. The smallest absolute Gasteiger partial charge is 0.316 e. The van der Waals surface area contributed by atoms with E-state index >= 15 is 0 Å². The Morgan fingerprint density at radius 2 is 1.46 bits per heavy atom. The maximum Gasteiger partial charge on any atom is 0.316 e. The lowest BCUT2D eigenvalue weighted by Gasteiger charge is -2.40. The Kier molecular flexibility index (Phi) is 7.86. The molecule has 0 heterocycles. The third-order valence-electron chi connectivity index (χ3n) is 3.54. The van der Waals surface area contributed by atoms with Crippen molar-refractivity contribution in [1.82, 2.24) is 0 Å². The fraction of sp³-hybridized carbons (Fsp3) is 0.647. The molecular weight excluding hydrogens is 365 g/mol. The molecule has 3 nitrogen and oxygen atoms in total. The van der Waals surface area contributed by atoms with Crippen LogP contribution in [0.15, 0.2) is 30.3 Å². The molecular formula is C17H36O3Si4. The minimum absolute atomic E-state index is 0.437. The van der Waals surface area contributed by atoms with Crippen LogP contribution in [0.5, 0.6) is 0 Å². The molecule has 0 spiro atoms. The summed E-state index contributed by atoms with van der Waals surface area (Å²) in [6.45, 7) is 20.0. The van der Waals surface area contributed by atoms with Gasteiger partial charge in [-0.2, -0.15) is 0 Å². The van der Waals surface area contributed by atoms with Crippen molar-refractivity contribution < 1.29 is 12.3 Å². The van der Waals surface area contributed by atoms with Crippen molar-refractivity contribution in [3.05, 3.63) is 35.9 Å². The summed E-state index contributed by atoms with van der Waals surface area (Å²) in [5, 5.41) is 0. The summed E-state index contributed by atoms with van der Waals surface area (Å²) >= 11 is 0. The molecule has 0 N–H and O–H groups in total. The van der Waals surface area contributed by atoms with Gasteiger partial charge in [-0.05, 0) is 69.9 Å². The van der Waals surface area contributed by atoms with Crippen LogP contribution in [0, 0.1) is 0 Å². The first-order chi connectivity index (χ1) is 10.8. The molecule has 0 aliphatic carbocycles. The van der Waals surface area contributed by atoms with Gasteiger partial charge in [0.2, 0.25) is 0 Å².